The molecule has 1 aromatic carbocycles. The quantitative estimate of drug-likeness (QED) is 0.892. The monoisotopic (exact) mass is 370 g/mol. The van der Waals surface area contributed by atoms with Gasteiger partial charge in [0.15, 0.2) is 0 Å². The van der Waals surface area contributed by atoms with Crippen molar-refractivity contribution in [2.45, 2.75) is 53.6 Å². The van der Waals surface area contributed by atoms with Crippen LogP contribution >= 0.6 is 0 Å². The molecule has 0 saturated heterocycles. The van der Waals surface area contributed by atoms with E-state index in [1.54, 1.807) is 15.6 Å². The van der Waals surface area contributed by atoms with Crippen molar-refractivity contribution in [3.05, 3.63) is 40.7 Å². The van der Waals surface area contributed by atoms with E-state index in [1.807, 2.05) is 46.8 Å². The van der Waals surface area contributed by atoms with Gasteiger partial charge < -0.3 is 10.0 Å². The third-order valence-corrected chi connectivity index (χ3v) is 5.24. The summed E-state index contributed by atoms with van der Waals surface area (Å²) in [6.45, 7) is 10.6. The van der Waals surface area contributed by atoms with Crippen LogP contribution in [-0.4, -0.2) is 39.5 Å². The molecule has 2 aromatic rings. The van der Waals surface area contributed by atoms with Crippen LogP contribution in [-0.2, 0) is 6.54 Å². The number of amides is 2. The summed E-state index contributed by atoms with van der Waals surface area (Å²) in [5.41, 5.74) is 4.54. The molecule has 0 bridgehead atoms. The molecule has 1 atom stereocenters. The molecule has 0 fully saturated rings. The van der Waals surface area contributed by atoms with Crippen LogP contribution in [0.4, 0.5) is 16.2 Å². The van der Waals surface area contributed by atoms with Crippen LogP contribution in [0.25, 0.3) is 0 Å². The van der Waals surface area contributed by atoms with Crippen LogP contribution in [0, 0.1) is 20.8 Å². The van der Waals surface area contributed by atoms with E-state index in [2.05, 4.69) is 5.10 Å². The summed E-state index contributed by atoms with van der Waals surface area (Å²) < 4.78 is 1.70. The Morgan fingerprint density at radius 1 is 1.11 bits per heavy atom. The fraction of sp³-hybridized carbons (Fsp3) is 0.450. The third kappa shape index (κ3) is 3.18. The summed E-state index contributed by atoms with van der Waals surface area (Å²) in [6.07, 6.45) is -0.373. The van der Waals surface area contributed by atoms with E-state index in [1.165, 1.54) is 4.90 Å². The molecule has 2 heterocycles. The third-order valence-electron chi connectivity index (χ3n) is 5.24. The lowest BCUT2D eigenvalue weighted by Gasteiger charge is -2.41. The minimum Gasteiger partial charge on any atom is -0.465 e. The van der Waals surface area contributed by atoms with Gasteiger partial charge in [-0.25, -0.2) is 4.79 Å². The fourth-order valence-corrected chi connectivity index (χ4v) is 3.64. The number of carboxylic acid groups (broad SMARTS) is 1. The summed E-state index contributed by atoms with van der Waals surface area (Å²) in [4.78, 5) is 28.4. The number of rotatable bonds is 3. The number of benzene rings is 1. The number of fused-ring (bicyclic) bond motifs is 1. The first-order chi connectivity index (χ1) is 12.8. The van der Waals surface area contributed by atoms with Crippen molar-refractivity contribution in [3.63, 3.8) is 0 Å². The maximum atomic E-state index is 13.4. The van der Waals surface area contributed by atoms with Crippen molar-refractivity contribution in [2.24, 2.45) is 0 Å². The van der Waals surface area contributed by atoms with Crippen LogP contribution in [0.5, 0.6) is 0 Å². The van der Waals surface area contributed by atoms with Gasteiger partial charge in [-0.3, -0.25) is 14.4 Å². The average molecular weight is 370 g/mol. The normalized spacial score (nSPS) is 16.4. The number of hydrogen-bond acceptors (Lipinski definition) is 3. The summed E-state index contributed by atoms with van der Waals surface area (Å²) in [5, 5.41) is 14.2. The lowest BCUT2D eigenvalue weighted by Crippen LogP contribution is -2.53. The number of carbonyl (C=O) groups is 2. The highest BCUT2D eigenvalue weighted by atomic mass is 16.4. The van der Waals surface area contributed by atoms with Gasteiger partial charge in [-0.05, 0) is 63.4 Å². The Hall–Kier alpha value is -2.83. The molecule has 144 valence electrons. The second kappa shape index (κ2) is 7.06. The first kappa shape index (κ1) is 18.9. The fourth-order valence-electron chi connectivity index (χ4n) is 3.64. The molecular weight excluding hydrogens is 344 g/mol. The van der Waals surface area contributed by atoms with Gasteiger partial charge in [0.05, 0.1) is 23.1 Å². The Labute approximate surface area is 159 Å². The van der Waals surface area contributed by atoms with Gasteiger partial charge in [-0.1, -0.05) is 6.92 Å². The molecule has 2 amide bonds. The predicted molar refractivity (Wildman–Crippen MR) is 105 cm³/mol. The zero-order chi connectivity index (χ0) is 19.9. The van der Waals surface area contributed by atoms with Crippen LogP contribution in [0.15, 0.2) is 18.2 Å². The van der Waals surface area contributed by atoms with Crippen molar-refractivity contribution < 1.29 is 14.7 Å². The van der Waals surface area contributed by atoms with Crippen molar-refractivity contribution >= 4 is 23.4 Å². The first-order valence-corrected chi connectivity index (χ1v) is 9.28. The summed E-state index contributed by atoms with van der Waals surface area (Å²) in [7, 11) is 0. The Morgan fingerprint density at radius 3 is 2.30 bits per heavy atom. The average Bonchev–Trinajstić information content (AvgIpc) is 3.01. The number of anilines is 2. The van der Waals surface area contributed by atoms with E-state index in [9.17, 15) is 14.7 Å². The first-order valence-electron chi connectivity index (χ1n) is 9.28. The molecule has 1 aliphatic rings. The topological polar surface area (TPSA) is 78.7 Å². The minimum absolute atomic E-state index is 0.148. The Morgan fingerprint density at radius 2 is 1.74 bits per heavy atom. The predicted octanol–water partition coefficient (Wildman–Crippen LogP) is 3.75. The van der Waals surface area contributed by atoms with E-state index < -0.39 is 6.09 Å². The smallest absolute Gasteiger partial charge is 0.412 e. The van der Waals surface area contributed by atoms with Gasteiger partial charge in [0.1, 0.15) is 5.69 Å². The zero-order valence-electron chi connectivity index (χ0n) is 16.5. The molecule has 0 aliphatic carbocycles. The molecule has 27 heavy (non-hydrogen) atoms. The van der Waals surface area contributed by atoms with Gasteiger partial charge in [0, 0.05) is 13.1 Å². The highest BCUT2D eigenvalue weighted by molar-refractivity contribution is 6.09. The second-order valence-corrected chi connectivity index (χ2v) is 7.04. The standard InChI is InChI=1S/C20H26N4O3/c1-6-15-11-22(19(25)18-10-14(5)21-23(18)7-2)16-8-12(3)13(4)9-17(16)24(15)20(26)27/h8-10,15H,6-7,11H2,1-5H3,(H,26,27). The highest BCUT2D eigenvalue weighted by Gasteiger charge is 2.37. The second-order valence-electron chi connectivity index (χ2n) is 7.04. The maximum Gasteiger partial charge on any atom is 0.412 e. The number of aryl methyl sites for hydroxylation is 4. The van der Waals surface area contributed by atoms with Crippen LogP contribution < -0.4 is 9.80 Å². The van der Waals surface area contributed by atoms with Crippen molar-refractivity contribution in [3.8, 4) is 0 Å². The van der Waals surface area contributed by atoms with E-state index in [0.29, 0.717) is 36.6 Å². The highest BCUT2D eigenvalue weighted by Crippen LogP contribution is 2.39. The molecule has 7 heteroatoms. The molecule has 1 aromatic heterocycles. The van der Waals surface area contributed by atoms with Crippen LogP contribution in [0.2, 0.25) is 0 Å². The van der Waals surface area contributed by atoms with E-state index >= 15 is 0 Å². The van der Waals surface area contributed by atoms with Gasteiger partial charge >= 0.3 is 6.09 Å². The molecule has 0 spiro atoms. The van der Waals surface area contributed by atoms with Gasteiger partial charge in [0.25, 0.3) is 5.91 Å². The number of hydrogen-bond donors (Lipinski definition) is 1. The molecule has 1 unspecified atom stereocenters. The van der Waals surface area contributed by atoms with Crippen molar-refractivity contribution in [1.82, 2.24) is 9.78 Å². The lowest BCUT2D eigenvalue weighted by atomic mass is 10.00. The van der Waals surface area contributed by atoms with Gasteiger partial charge in [-0.15, -0.1) is 0 Å². The summed E-state index contributed by atoms with van der Waals surface area (Å²) in [6, 6.07) is 5.27. The summed E-state index contributed by atoms with van der Waals surface area (Å²) >= 11 is 0. The number of carbonyl (C=O) groups excluding carboxylic acids is 1. The largest absolute Gasteiger partial charge is 0.465 e. The Balaban J connectivity index is 2.16. The Kier molecular flexibility index (Phi) is 4.95. The molecule has 7 nitrogen and oxygen atoms in total. The van der Waals surface area contributed by atoms with Crippen LogP contribution in [0.3, 0.4) is 0 Å². The van der Waals surface area contributed by atoms with E-state index in [4.69, 9.17) is 0 Å². The van der Waals surface area contributed by atoms with E-state index in [0.717, 1.165) is 16.8 Å². The Bertz CT molecular complexity index is 903. The van der Waals surface area contributed by atoms with Crippen molar-refractivity contribution in [1.29, 1.82) is 0 Å². The van der Waals surface area contributed by atoms with Crippen LogP contribution in [0.1, 0.15) is 47.6 Å². The molecule has 1 N–H and O–H groups in total. The molecule has 0 radical (unpaired) electrons. The summed E-state index contributed by atoms with van der Waals surface area (Å²) in [5.74, 6) is -0.148. The van der Waals surface area contributed by atoms with Gasteiger partial charge in [-0.2, -0.15) is 5.10 Å². The minimum atomic E-state index is -0.993. The number of nitrogens with zero attached hydrogens (tertiary/aromatic N) is 4. The van der Waals surface area contributed by atoms with E-state index in [-0.39, 0.29) is 11.9 Å². The number of aromatic nitrogens is 2. The van der Waals surface area contributed by atoms with Gasteiger partial charge in [0.2, 0.25) is 0 Å². The zero-order valence-corrected chi connectivity index (χ0v) is 16.5. The molecular formula is C20H26N4O3. The SMILES string of the molecule is CCC1CN(C(=O)c2cc(C)nn2CC)c2cc(C)c(C)cc2N1C(=O)O. The molecule has 0 saturated carbocycles. The van der Waals surface area contributed by atoms with Crippen molar-refractivity contribution in [2.75, 3.05) is 16.3 Å². The molecule has 1 aliphatic heterocycles. The molecule has 3 rings (SSSR count). The maximum absolute atomic E-state index is 13.4. The lowest BCUT2D eigenvalue weighted by molar-refractivity contribution is 0.0972.